The molecule has 1 aromatic heterocycles. The predicted molar refractivity (Wildman–Crippen MR) is 86.6 cm³/mol. The molecule has 0 radical (unpaired) electrons. The first-order valence-corrected chi connectivity index (χ1v) is 7.48. The third-order valence-electron chi connectivity index (χ3n) is 3.32. The van der Waals surface area contributed by atoms with E-state index in [-0.39, 0.29) is 0 Å². The fourth-order valence-electron chi connectivity index (χ4n) is 2.03. The first-order valence-electron chi connectivity index (χ1n) is 7.48. The third kappa shape index (κ3) is 5.02. The van der Waals surface area contributed by atoms with Crippen molar-refractivity contribution in [3.8, 4) is 0 Å². The average Bonchev–Trinajstić information content (AvgIpc) is 2.54. The average molecular weight is 285 g/mol. The summed E-state index contributed by atoms with van der Waals surface area (Å²) in [4.78, 5) is 6.61. The minimum atomic E-state index is 0.590. The molecule has 0 aliphatic carbocycles. The lowest BCUT2D eigenvalue weighted by molar-refractivity contribution is 0.753. The number of rotatable bonds is 8. The molecule has 0 spiro atoms. The van der Waals surface area contributed by atoms with Crippen molar-refractivity contribution in [2.45, 2.75) is 26.2 Å². The maximum absolute atomic E-state index is 4.50. The molecule has 5 heteroatoms. The van der Waals surface area contributed by atoms with E-state index in [1.807, 2.05) is 13.1 Å². The van der Waals surface area contributed by atoms with Gasteiger partial charge in [-0.2, -0.15) is 10.1 Å². The first-order chi connectivity index (χ1) is 10.3. The van der Waals surface area contributed by atoms with Crippen molar-refractivity contribution < 1.29 is 0 Å². The minimum absolute atomic E-state index is 0.590. The Morgan fingerprint density at radius 2 is 2.00 bits per heavy atom. The Hall–Kier alpha value is -2.17. The third-order valence-corrected chi connectivity index (χ3v) is 3.32. The van der Waals surface area contributed by atoms with E-state index in [2.05, 4.69) is 56.6 Å². The van der Waals surface area contributed by atoms with Crippen LogP contribution in [0.4, 0.5) is 11.8 Å². The van der Waals surface area contributed by atoms with Crippen LogP contribution >= 0.6 is 0 Å². The van der Waals surface area contributed by atoms with Crippen molar-refractivity contribution >= 4 is 11.8 Å². The Bertz CT molecular complexity index is 529. The zero-order valence-corrected chi connectivity index (χ0v) is 12.8. The van der Waals surface area contributed by atoms with Crippen molar-refractivity contribution in [3.05, 3.63) is 42.1 Å². The molecule has 2 rings (SSSR count). The lowest BCUT2D eigenvalue weighted by atomic mass is 10.1. The van der Waals surface area contributed by atoms with Gasteiger partial charge in [-0.1, -0.05) is 43.7 Å². The van der Waals surface area contributed by atoms with E-state index in [1.165, 1.54) is 12.0 Å². The minimum Gasteiger partial charge on any atom is -0.358 e. The molecule has 0 saturated heterocycles. The summed E-state index contributed by atoms with van der Waals surface area (Å²) in [5.74, 6) is 1.45. The summed E-state index contributed by atoms with van der Waals surface area (Å²) in [5, 5.41) is 11.3. The van der Waals surface area contributed by atoms with Crippen molar-refractivity contribution in [2.24, 2.45) is 0 Å². The molecule has 21 heavy (non-hydrogen) atoms. The molecule has 0 amide bonds. The summed E-state index contributed by atoms with van der Waals surface area (Å²) in [6.07, 6.45) is 4.97. The van der Waals surface area contributed by atoms with Crippen LogP contribution in [0, 0.1) is 0 Å². The highest BCUT2D eigenvalue weighted by molar-refractivity contribution is 5.39. The van der Waals surface area contributed by atoms with Crippen LogP contribution in [-0.4, -0.2) is 35.3 Å². The van der Waals surface area contributed by atoms with Crippen LogP contribution in [0.15, 0.2) is 36.5 Å². The number of hydrogen-bond donors (Lipinski definition) is 1. The van der Waals surface area contributed by atoms with Crippen LogP contribution in [0.5, 0.6) is 0 Å². The first kappa shape index (κ1) is 15.2. The SMILES string of the molecule is CCCCN(C)c1cnnc(NCCc2ccccc2)n1. The zero-order chi connectivity index (χ0) is 14.9. The van der Waals surface area contributed by atoms with Gasteiger partial charge in [0.2, 0.25) is 5.95 Å². The van der Waals surface area contributed by atoms with Crippen molar-refractivity contribution in [2.75, 3.05) is 30.4 Å². The molecule has 112 valence electrons. The Labute approximate surface area is 126 Å². The maximum atomic E-state index is 4.50. The molecule has 0 atom stereocenters. The second kappa shape index (κ2) is 8.19. The van der Waals surface area contributed by atoms with Gasteiger partial charge in [0.25, 0.3) is 0 Å². The fourth-order valence-corrected chi connectivity index (χ4v) is 2.03. The molecule has 0 saturated carbocycles. The van der Waals surface area contributed by atoms with E-state index in [4.69, 9.17) is 0 Å². The fraction of sp³-hybridized carbons (Fsp3) is 0.438. The topological polar surface area (TPSA) is 53.9 Å². The Morgan fingerprint density at radius 1 is 1.19 bits per heavy atom. The maximum Gasteiger partial charge on any atom is 0.244 e. The molecular formula is C16H23N5. The molecule has 5 nitrogen and oxygen atoms in total. The Kier molecular flexibility index (Phi) is 5.94. The molecule has 1 aromatic carbocycles. The van der Waals surface area contributed by atoms with Crippen molar-refractivity contribution in [3.63, 3.8) is 0 Å². The molecule has 0 aliphatic heterocycles. The molecule has 1 heterocycles. The van der Waals surface area contributed by atoms with Gasteiger partial charge in [-0.25, -0.2) is 0 Å². The van der Waals surface area contributed by atoms with Crippen LogP contribution in [0.25, 0.3) is 0 Å². The number of unbranched alkanes of at least 4 members (excludes halogenated alkanes) is 1. The van der Waals surface area contributed by atoms with Crippen LogP contribution in [0.3, 0.4) is 0 Å². The molecule has 1 N–H and O–H groups in total. The van der Waals surface area contributed by atoms with Gasteiger partial charge < -0.3 is 10.2 Å². The van der Waals surface area contributed by atoms with E-state index in [1.54, 1.807) is 6.20 Å². The number of aromatic nitrogens is 3. The molecular weight excluding hydrogens is 262 g/mol. The highest BCUT2D eigenvalue weighted by Crippen LogP contribution is 2.09. The largest absolute Gasteiger partial charge is 0.358 e. The van der Waals surface area contributed by atoms with Gasteiger partial charge in [0.15, 0.2) is 5.82 Å². The van der Waals surface area contributed by atoms with Crippen molar-refractivity contribution in [1.29, 1.82) is 0 Å². The summed E-state index contributed by atoms with van der Waals surface area (Å²) < 4.78 is 0. The summed E-state index contributed by atoms with van der Waals surface area (Å²) >= 11 is 0. The number of anilines is 2. The Morgan fingerprint density at radius 3 is 2.76 bits per heavy atom. The highest BCUT2D eigenvalue weighted by atomic mass is 15.3. The molecule has 0 bridgehead atoms. The normalized spacial score (nSPS) is 10.4. The van der Waals surface area contributed by atoms with E-state index in [9.17, 15) is 0 Å². The van der Waals surface area contributed by atoms with E-state index >= 15 is 0 Å². The molecule has 0 unspecified atom stereocenters. The van der Waals surface area contributed by atoms with Crippen LogP contribution < -0.4 is 10.2 Å². The van der Waals surface area contributed by atoms with Gasteiger partial charge in [0.1, 0.15) is 0 Å². The lowest BCUT2D eigenvalue weighted by Crippen LogP contribution is -2.21. The second-order valence-corrected chi connectivity index (χ2v) is 5.08. The van der Waals surface area contributed by atoms with E-state index in [0.717, 1.165) is 31.7 Å². The number of nitrogens with zero attached hydrogens (tertiary/aromatic N) is 4. The zero-order valence-electron chi connectivity index (χ0n) is 12.8. The second-order valence-electron chi connectivity index (χ2n) is 5.08. The van der Waals surface area contributed by atoms with E-state index < -0.39 is 0 Å². The van der Waals surface area contributed by atoms with Gasteiger partial charge in [-0.15, -0.1) is 5.10 Å². The Balaban J connectivity index is 1.86. The van der Waals surface area contributed by atoms with Crippen LogP contribution in [0.1, 0.15) is 25.3 Å². The molecule has 0 fully saturated rings. The smallest absolute Gasteiger partial charge is 0.244 e. The summed E-state index contributed by atoms with van der Waals surface area (Å²) in [5.41, 5.74) is 1.30. The number of nitrogens with one attached hydrogen (secondary N) is 1. The van der Waals surface area contributed by atoms with Gasteiger partial charge in [-0.3, -0.25) is 0 Å². The van der Waals surface area contributed by atoms with Gasteiger partial charge in [0, 0.05) is 20.1 Å². The lowest BCUT2D eigenvalue weighted by Gasteiger charge is -2.17. The van der Waals surface area contributed by atoms with Gasteiger partial charge >= 0.3 is 0 Å². The quantitative estimate of drug-likeness (QED) is 0.808. The number of benzene rings is 1. The standard InChI is InChI=1S/C16H23N5/c1-3-4-12-21(2)15-13-18-20-16(19-15)17-11-10-14-8-6-5-7-9-14/h5-9,13H,3-4,10-12H2,1-2H3,(H,17,19,20). The highest BCUT2D eigenvalue weighted by Gasteiger charge is 2.05. The van der Waals surface area contributed by atoms with Crippen LogP contribution in [-0.2, 0) is 6.42 Å². The summed E-state index contributed by atoms with van der Waals surface area (Å²) in [6, 6.07) is 10.4. The monoisotopic (exact) mass is 285 g/mol. The predicted octanol–water partition coefficient (Wildman–Crippen LogP) is 2.76. The molecule has 0 aliphatic rings. The summed E-state index contributed by atoms with van der Waals surface area (Å²) in [7, 11) is 2.04. The van der Waals surface area contributed by atoms with Crippen LogP contribution in [0.2, 0.25) is 0 Å². The van der Waals surface area contributed by atoms with Gasteiger partial charge in [-0.05, 0) is 18.4 Å². The van der Waals surface area contributed by atoms with Crippen molar-refractivity contribution in [1.82, 2.24) is 15.2 Å². The number of hydrogen-bond acceptors (Lipinski definition) is 5. The molecule has 2 aromatic rings. The van der Waals surface area contributed by atoms with Gasteiger partial charge in [0.05, 0.1) is 6.20 Å². The summed E-state index contributed by atoms with van der Waals surface area (Å²) in [6.45, 7) is 3.97. The van der Waals surface area contributed by atoms with E-state index in [0.29, 0.717) is 5.95 Å².